The van der Waals surface area contributed by atoms with Crippen LogP contribution < -0.4 is 11.1 Å². The first-order valence-corrected chi connectivity index (χ1v) is 7.20. The number of pyridine rings is 1. The third-order valence-electron chi connectivity index (χ3n) is 4.12. The average molecular weight is 247 g/mol. The van der Waals surface area contributed by atoms with Gasteiger partial charge in [0, 0.05) is 6.04 Å². The molecule has 0 radical (unpaired) electrons. The summed E-state index contributed by atoms with van der Waals surface area (Å²) < 4.78 is 0. The first-order valence-electron chi connectivity index (χ1n) is 7.20. The van der Waals surface area contributed by atoms with Crippen molar-refractivity contribution < 1.29 is 0 Å². The number of hydrogen-bond acceptors (Lipinski definition) is 3. The number of rotatable bonds is 4. The lowest BCUT2D eigenvalue weighted by molar-refractivity contribution is 0.312. The van der Waals surface area contributed by atoms with E-state index in [1.807, 2.05) is 19.1 Å². The monoisotopic (exact) mass is 247 g/mol. The second-order valence-corrected chi connectivity index (χ2v) is 5.43. The van der Waals surface area contributed by atoms with Gasteiger partial charge < -0.3 is 11.1 Å². The van der Waals surface area contributed by atoms with Crippen molar-refractivity contribution in [1.29, 1.82) is 0 Å². The Balaban J connectivity index is 2.02. The number of nitrogens with zero attached hydrogens (tertiary/aromatic N) is 1. The zero-order valence-corrected chi connectivity index (χ0v) is 11.6. The second kappa shape index (κ2) is 6.07. The highest BCUT2D eigenvalue weighted by Crippen LogP contribution is 2.29. The van der Waals surface area contributed by atoms with Gasteiger partial charge >= 0.3 is 0 Å². The number of nitrogens with two attached hydrogens (primary N) is 1. The Morgan fingerprint density at radius 2 is 2.06 bits per heavy atom. The predicted molar refractivity (Wildman–Crippen MR) is 77.7 cm³/mol. The molecule has 3 N–H and O–H groups in total. The van der Waals surface area contributed by atoms with Crippen LogP contribution in [0.1, 0.15) is 51.1 Å². The van der Waals surface area contributed by atoms with Crippen molar-refractivity contribution >= 4 is 11.5 Å². The maximum absolute atomic E-state index is 5.80. The molecule has 3 nitrogen and oxygen atoms in total. The number of nitrogen functional groups attached to an aromatic ring is 1. The maximum Gasteiger partial charge on any atom is 0.126 e. The molecule has 18 heavy (non-hydrogen) atoms. The van der Waals surface area contributed by atoms with E-state index in [1.165, 1.54) is 32.1 Å². The van der Waals surface area contributed by atoms with Crippen molar-refractivity contribution in [3.63, 3.8) is 0 Å². The van der Waals surface area contributed by atoms with Gasteiger partial charge in [0.1, 0.15) is 5.82 Å². The Hall–Kier alpha value is -1.25. The van der Waals surface area contributed by atoms with Crippen LogP contribution in [0, 0.1) is 12.8 Å². The molecular formula is C15H25N3. The fraction of sp³-hybridized carbons (Fsp3) is 0.667. The van der Waals surface area contributed by atoms with Gasteiger partial charge in [0.2, 0.25) is 0 Å². The average Bonchev–Trinajstić information content (AvgIpc) is 2.41. The van der Waals surface area contributed by atoms with E-state index in [2.05, 4.69) is 17.2 Å². The maximum atomic E-state index is 5.80. The molecule has 0 spiro atoms. The molecule has 0 amide bonds. The lowest BCUT2D eigenvalue weighted by atomic mass is 9.83. The van der Waals surface area contributed by atoms with Gasteiger partial charge in [-0.25, -0.2) is 4.98 Å². The fourth-order valence-corrected chi connectivity index (χ4v) is 2.93. The third kappa shape index (κ3) is 3.15. The highest BCUT2D eigenvalue weighted by atomic mass is 15.0. The third-order valence-corrected chi connectivity index (χ3v) is 4.12. The molecule has 3 heteroatoms. The Morgan fingerprint density at radius 3 is 2.67 bits per heavy atom. The molecule has 1 aromatic rings. The zero-order valence-electron chi connectivity index (χ0n) is 11.6. The lowest BCUT2D eigenvalue weighted by Crippen LogP contribution is -2.30. The van der Waals surface area contributed by atoms with Crippen LogP contribution in [0.4, 0.5) is 11.5 Å². The van der Waals surface area contributed by atoms with Crippen LogP contribution >= 0.6 is 0 Å². The molecule has 1 atom stereocenters. The largest absolute Gasteiger partial charge is 0.397 e. The topological polar surface area (TPSA) is 50.9 Å². The summed E-state index contributed by atoms with van der Waals surface area (Å²) in [5.41, 5.74) is 7.49. The molecule has 1 saturated carbocycles. The molecule has 2 rings (SSSR count). The van der Waals surface area contributed by atoms with Crippen molar-refractivity contribution in [1.82, 2.24) is 4.98 Å². The van der Waals surface area contributed by atoms with Crippen LogP contribution in [0.15, 0.2) is 12.1 Å². The van der Waals surface area contributed by atoms with Gasteiger partial charge in [-0.2, -0.15) is 0 Å². The van der Waals surface area contributed by atoms with Crippen LogP contribution in [0.5, 0.6) is 0 Å². The molecule has 0 bridgehead atoms. The summed E-state index contributed by atoms with van der Waals surface area (Å²) in [4.78, 5) is 4.52. The number of hydrogen-bond donors (Lipinski definition) is 2. The van der Waals surface area contributed by atoms with Gasteiger partial charge in [-0.1, -0.05) is 26.2 Å². The van der Waals surface area contributed by atoms with E-state index in [4.69, 9.17) is 5.73 Å². The molecule has 1 heterocycles. The molecule has 1 aliphatic carbocycles. The van der Waals surface area contributed by atoms with Crippen LogP contribution in [0.3, 0.4) is 0 Å². The van der Waals surface area contributed by atoms with Crippen molar-refractivity contribution in [2.75, 3.05) is 11.1 Å². The Morgan fingerprint density at radius 1 is 1.33 bits per heavy atom. The minimum atomic E-state index is 0.556. The first kappa shape index (κ1) is 13.2. The Bertz CT molecular complexity index is 383. The van der Waals surface area contributed by atoms with Gasteiger partial charge in [-0.15, -0.1) is 0 Å². The number of anilines is 2. The first-order chi connectivity index (χ1) is 8.70. The lowest BCUT2D eigenvalue weighted by Gasteiger charge is -2.30. The standard InChI is InChI=1S/C15H25N3/c1-3-14(12-7-5-4-6-8-12)18-15-10-9-13(16)11(2)17-15/h9-10,12,14H,3-8,16H2,1-2H3,(H,17,18). The van der Waals surface area contributed by atoms with Crippen molar-refractivity contribution in [2.24, 2.45) is 5.92 Å². The molecule has 0 saturated heterocycles. The van der Waals surface area contributed by atoms with Crippen LogP contribution in [-0.2, 0) is 0 Å². The van der Waals surface area contributed by atoms with E-state index in [-0.39, 0.29) is 0 Å². The van der Waals surface area contributed by atoms with Crippen LogP contribution in [-0.4, -0.2) is 11.0 Å². The normalized spacial score (nSPS) is 18.6. The molecule has 100 valence electrons. The Kier molecular flexibility index (Phi) is 4.45. The van der Waals surface area contributed by atoms with E-state index >= 15 is 0 Å². The minimum absolute atomic E-state index is 0.556. The number of aryl methyl sites for hydroxylation is 1. The van der Waals surface area contributed by atoms with Crippen molar-refractivity contribution in [3.05, 3.63) is 17.8 Å². The van der Waals surface area contributed by atoms with Gasteiger partial charge in [-0.3, -0.25) is 0 Å². The smallest absolute Gasteiger partial charge is 0.126 e. The SMILES string of the molecule is CCC(Nc1ccc(N)c(C)n1)C1CCCCC1. The minimum Gasteiger partial charge on any atom is -0.397 e. The van der Waals surface area contributed by atoms with Crippen molar-refractivity contribution in [3.8, 4) is 0 Å². The quantitative estimate of drug-likeness (QED) is 0.852. The van der Waals surface area contributed by atoms with E-state index in [1.54, 1.807) is 0 Å². The number of nitrogens with one attached hydrogen (secondary N) is 1. The summed E-state index contributed by atoms with van der Waals surface area (Å²) in [5.74, 6) is 1.78. The van der Waals surface area contributed by atoms with Gasteiger partial charge in [0.25, 0.3) is 0 Å². The zero-order chi connectivity index (χ0) is 13.0. The molecule has 1 fully saturated rings. The second-order valence-electron chi connectivity index (χ2n) is 5.43. The summed E-state index contributed by atoms with van der Waals surface area (Å²) in [7, 11) is 0. The predicted octanol–water partition coefficient (Wildman–Crippen LogP) is 3.74. The van der Waals surface area contributed by atoms with Gasteiger partial charge in [0.05, 0.1) is 11.4 Å². The molecular weight excluding hydrogens is 222 g/mol. The summed E-state index contributed by atoms with van der Waals surface area (Å²) >= 11 is 0. The fourth-order valence-electron chi connectivity index (χ4n) is 2.93. The highest BCUT2D eigenvalue weighted by molar-refractivity contribution is 5.49. The van der Waals surface area contributed by atoms with Gasteiger partial charge in [0.15, 0.2) is 0 Å². The summed E-state index contributed by atoms with van der Waals surface area (Å²) in [6.45, 7) is 4.22. The highest BCUT2D eigenvalue weighted by Gasteiger charge is 2.22. The molecule has 1 aromatic heterocycles. The molecule has 0 aromatic carbocycles. The van der Waals surface area contributed by atoms with Gasteiger partial charge in [-0.05, 0) is 44.2 Å². The molecule has 1 aliphatic rings. The Labute approximate surface area is 110 Å². The number of aromatic nitrogens is 1. The van der Waals surface area contributed by atoms with E-state index in [0.717, 1.165) is 29.5 Å². The van der Waals surface area contributed by atoms with E-state index in [0.29, 0.717) is 6.04 Å². The summed E-state index contributed by atoms with van der Waals surface area (Å²) in [6.07, 6.45) is 8.06. The summed E-state index contributed by atoms with van der Waals surface area (Å²) in [5, 5.41) is 3.60. The molecule has 0 aliphatic heterocycles. The van der Waals surface area contributed by atoms with Crippen LogP contribution in [0.25, 0.3) is 0 Å². The molecule has 1 unspecified atom stereocenters. The van der Waals surface area contributed by atoms with Crippen LogP contribution in [0.2, 0.25) is 0 Å². The summed E-state index contributed by atoms with van der Waals surface area (Å²) in [6, 6.07) is 4.49. The van der Waals surface area contributed by atoms with E-state index < -0.39 is 0 Å². The van der Waals surface area contributed by atoms with E-state index in [9.17, 15) is 0 Å². The van der Waals surface area contributed by atoms with Crippen molar-refractivity contribution in [2.45, 2.75) is 58.4 Å².